The number of hydrogen-bond acceptors (Lipinski definition) is 2. The average molecular weight is 276 g/mol. The lowest BCUT2D eigenvalue weighted by atomic mass is 10.1. The van der Waals surface area contributed by atoms with Gasteiger partial charge in [-0.05, 0) is 35.4 Å². The molecule has 3 aromatic carbocycles. The molecule has 0 unspecified atom stereocenters. The van der Waals surface area contributed by atoms with Gasteiger partial charge in [0.1, 0.15) is 5.75 Å². The lowest BCUT2D eigenvalue weighted by molar-refractivity contribution is 0.379. The molecule has 0 N–H and O–H groups in total. The monoisotopic (exact) mass is 276 g/mol. The van der Waals surface area contributed by atoms with Gasteiger partial charge in [-0.15, -0.1) is 0 Å². The lowest BCUT2D eigenvalue weighted by Gasteiger charge is -2.10. The van der Waals surface area contributed by atoms with Crippen LogP contribution in [0.4, 0.5) is 0 Å². The molecule has 0 amide bonds. The highest BCUT2D eigenvalue weighted by Gasteiger charge is 2.04. The molecule has 104 valence electrons. The zero-order valence-corrected chi connectivity index (χ0v) is 11.8. The topological polar surface area (TPSA) is 18.5 Å². The van der Waals surface area contributed by atoms with E-state index in [1.807, 2.05) is 54.6 Å². The number of ether oxygens (including phenoxy) is 2. The standard InChI is InChI=1S/C19H16O2/c1-20-18-9-5-6-10-19(18)21-17-13-11-16(12-14-17)15-7-3-2-4-8-15/h2-14H,1H3. The van der Waals surface area contributed by atoms with Gasteiger partial charge in [0.15, 0.2) is 11.5 Å². The van der Waals surface area contributed by atoms with Gasteiger partial charge in [0, 0.05) is 0 Å². The van der Waals surface area contributed by atoms with E-state index in [0.29, 0.717) is 5.75 Å². The molecule has 2 heteroatoms. The van der Waals surface area contributed by atoms with Crippen molar-refractivity contribution in [2.75, 3.05) is 7.11 Å². The van der Waals surface area contributed by atoms with E-state index in [9.17, 15) is 0 Å². The van der Waals surface area contributed by atoms with Crippen molar-refractivity contribution >= 4 is 0 Å². The normalized spacial score (nSPS) is 10.1. The first kappa shape index (κ1) is 13.3. The van der Waals surface area contributed by atoms with Crippen molar-refractivity contribution in [1.29, 1.82) is 0 Å². The first-order valence-corrected chi connectivity index (χ1v) is 6.83. The first-order valence-electron chi connectivity index (χ1n) is 6.83. The molecule has 0 aliphatic rings. The fraction of sp³-hybridized carbons (Fsp3) is 0.0526. The van der Waals surface area contributed by atoms with Gasteiger partial charge in [0.25, 0.3) is 0 Å². The van der Waals surface area contributed by atoms with Crippen molar-refractivity contribution in [3.8, 4) is 28.4 Å². The van der Waals surface area contributed by atoms with Crippen molar-refractivity contribution in [3.05, 3.63) is 78.9 Å². The smallest absolute Gasteiger partial charge is 0.169 e. The van der Waals surface area contributed by atoms with Crippen LogP contribution in [0.5, 0.6) is 17.2 Å². The molecule has 0 radical (unpaired) electrons. The molecule has 3 aromatic rings. The predicted molar refractivity (Wildman–Crippen MR) is 84.9 cm³/mol. The fourth-order valence-electron chi connectivity index (χ4n) is 2.18. The van der Waals surface area contributed by atoms with Crippen LogP contribution in [0.3, 0.4) is 0 Å². The molecule has 0 aromatic heterocycles. The molecule has 0 aliphatic heterocycles. The Bertz CT molecular complexity index is 703. The summed E-state index contributed by atoms with van der Waals surface area (Å²) in [5, 5.41) is 0. The van der Waals surface area contributed by atoms with Gasteiger partial charge < -0.3 is 9.47 Å². The Hall–Kier alpha value is -2.74. The van der Waals surface area contributed by atoms with Crippen LogP contribution in [0.15, 0.2) is 78.9 Å². The molecule has 3 rings (SSSR count). The number of benzene rings is 3. The summed E-state index contributed by atoms with van der Waals surface area (Å²) in [7, 11) is 1.64. The van der Waals surface area contributed by atoms with Crippen molar-refractivity contribution in [1.82, 2.24) is 0 Å². The van der Waals surface area contributed by atoms with E-state index in [1.165, 1.54) is 11.1 Å². The molecule has 0 spiro atoms. The molecule has 21 heavy (non-hydrogen) atoms. The molecule has 0 fully saturated rings. The Morgan fingerprint density at radius 1 is 0.571 bits per heavy atom. The Morgan fingerprint density at radius 3 is 1.81 bits per heavy atom. The summed E-state index contributed by atoms with van der Waals surface area (Å²) in [6, 6.07) is 25.9. The van der Waals surface area contributed by atoms with Crippen LogP contribution in [0.2, 0.25) is 0 Å². The number of rotatable bonds is 4. The molecule has 0 bridgehead atoms. The highest BCUT2D eigenvalue weighted by atomic mass is 16.5. The highest BCUT2D eigenvalue weighted by Crippen LogP contribution is 2.31. The van der Waals surface area contributed by atoms with E-state index in [1.54, 1.807) is 7.11 Å². The lowest BCUT2D eigenvalue weighted by Crippen LogP contribution is -1.89. The van der Waals surface area contributed by atoms with Crippen LogP contribution in [-0.2, 0) is 0 Å². The van der Waals surface area contributed by atoms with Crippen molar-refractivity contribution in [3.63, 3.8) is 0 Å². The van der Waals surface area contributed by atoms with E-state index in [2.05, 4.69) is 24.3 Å². The SMILES string of the molecule is COc1ccccc1Oc1ccc(-c2ccccc2)cc1. The zero-order chi connectivity index (χ0) is 14.5. The van der Waals surface area contributed by atoms with Gasteiger partial charge in [0.05, 0.1) is 7.11 Å². The second-order valence-corrected chi connectivity index (χ2v) is 4.64. The molecule has 0 aliphatic carbocycles. The van der Waals surface area contributed by atoms with Gasteiger partial charge in [-0.1, -0.05) is 54.6 Å². The van der Waals surface area contributed by atoms with Crippen LogP contribution < -0.4 is 9.47 Å². The molecular weight excluding hydrogens is 260 g/mol. The molecule has 2 nitrogen and oxygen atoms in total. The first-order chi connectivity index (χ1) is 10.4. The second kappa shape index (κ2) is 6.14. The summed E-state index contributed by atoms with van der Waals surface area (Å²) >= 11 is 0. The summed E-state index contributed by atoms with van der Waals surface area (Å²) in [5.74, 6) is 2.23. The van der Waals surface area contributed by atoms with Gasteiger partial charge in [0.2, 0.25) is 0 Å². The Morgan fingerprint density at radius 2 is 1.14 bits per heavy atom. The summed E-state index contributed by atoms with van der Waals surface area (Å²) in [5.41, 5.74) is 2.37. The quantitative estimate of drug-likeness (QED) is 0.655. The zero-order valence-electron chi connectivity index (χ0n) is 11.8. The maximum atomic E-state index is 5.87. The molecule has 0 heterocycles. The number of methoxy groups -OCH3 is 1. The Labute approximate surface area is 124 Å². The van der Waals surface area contributed by atoms with E-state index in [0.717, 1.165) is 11.5 Å². The third-order valence-corrected chi connectivity index (χ3v) is 3.26. The van der Waals surface area contributed by atoms with Crippen LogP contribution in [-0.4, -0.2) is 7.11 Å². The third-order valence-electron chi connectivity index (χ3n) is 3.26. The molecule has 0 saturated heterocycles. The van der Waals surface area contributed by atoms with E-state index >= 15 is 0 Å². The van der Waals surface area contributed by atoms with E-state index < -0.39 is 0 Å². The average Bonchev–Trinajstić information content (AvgIpc) is 2.57. The Kier molecular flexibility index (Phi) is 3.88. The molecular formula is C19H16O2. The summed E-state index contributed by atoms with van der Waals surface area (Å²) in [6.45, 7) is 0. The van der Waals surface area contributed by atoms with Crippen molar-refractivity contribution < 1.29 is 9.47 Å². The van der Waals surface area contributed by atoms with Gasteiger partial charge >= 0.3 is 0 Å². The minimum absolute atomic E-state index is 0.715. The summed E-state index contributed by atoms with van der Waals surface area (Å²) in [4.78, 5) is 0. The van der Waals surface area contributed by atoms with Crippen molar-refractivity contribution in [2.45, 2.75) is 0 Å². The van der Waals surface area contributed by atoms with Crippen LogP contribution in [0.1, 0.15) is 0 Å². The Balaban J connectivity index is 1.82. The van der Waals surface area contributed by atoms with E-state index in [-0.39, 0.29) is 0 Å². The van der Waals surface area contributed by atoms with Crippen molar-refractivity contribution in [2.24, 2.45) is 0 Å². The fourth-order valence-corrected chi connectivity index (χ4v) is 2.18. The summed E-state index contributed by atoms with van der Waals surface area (Å²) in [6.07, 6.45) is 0. The summed E-state index contributed by atoms with van der Waals surface area (Å²) < 4.78 is 11.2. The molecule has 0 atom stereocenters. The van der Waals surface area contributed by atoms with Gasteiger partial charge in [-0.3, -0.25) is 0 Å². The number of hydrogen-bond donors (Lipinski definition) is 0. The second-order valence-electron chi connectivity index (χ2n) is 4.64. The maximum absolute atomic E-state index is 5.87. The van der Waals surface area contributed by atoms with Crippen LogP contribution in [0, 0.1) is 0 Å². The van der Waals surface area contributed by atoms with Gasteiger partial charge in [-0.25, -0.2) is 0 Å². The maximum Gasteiger partial charge on any atom is 0.169 e. The highest BCUT2D eigenvalue weighted by molar-refractivity contribution is 5.64. The largest absolute Gasteiger partial charge is 0.493 e. The van der Waals surface area contributed by atoms with Crippen LogP contribution in [0.25, 0.3) is 11.1 Å². The minimum Gasteiger partial charge on any atom is -0.493 e. The predicted octanol–water partition coefficient (Wildman–Crippen LogP) is 5.15. The van der Waals surface area contributed by atoms with Gasteiger partial charge in [-0.2, -0.15) is 0 Å². The number of para-hydroxylation sites is 2. The van der Waals surface area contributed by atoms with Crippen LogP contribution >= 0.6 is 0 Å². The molecule has 0 saturated carbocycles. The van der Waals surface area contributed by atoms with E-state index in [4.69, 9.17) is 9.47 Å². The third kappa shape index (κ3) is 3.06. The minimum atomic E-state index is 0.715.